The molecule has 2 heterocycles. The number of likely N-dealkylation sites (tertiary alicyclic amines) is 1. The Kier molecular flexibility index (Phi) is 5.82. The van der Waals surface area contributed by atoms with E-state index in [1.165, 1.54) is 5.56 Å². The van der Waals surface area contributed by atoms with Crippen molar-refractivity contribution in [1.82, 2.24) is 10.2 Å². The van der Waals surface area contributed by atoms with Gasteiger partial charge in [-0.15, -0.1) is 0 Å². The first-order valence-electron chi connectivity index (χ1n) is 9.53. The lowest BCUT2D eigenvalue weighted by molar-refractivity contribution is -0.123. The highest BCUT2D eigenvalue weighted by molar-refractivity contribution is 5.77. The fraction of sp³-hybridized carbons (Fsp3) is 0.500. The van der Waals surface area contributed by atoms with Gasteiger partial charge in [0.25, 0.3) is 0 Å². The highest BCUT2D eigenvalue weighted by Crippen LogP contribution is 2.29. The van der Waals surface area contributed by atoms with Gasteiger partial charge in [-0.1, -0.05) is 36.8 Å². The Morgan fingerprint density at radius 3 is 2.65 bits per heavy atom. The predicted octanol–water partition coefficient (Wildman–Crippen LogP) is 3.95. The van der Waals surface area contributed by atoms with E-state index in [4.69, 9.17) is 4.42 Å². The van der Waals surface area contributed by atoms with Crippen LogP contribution < -0.4 is 5.32 Å². The topological polar surface area (TPSA) is 45.5 Å². The van der Waals surface area contributed by atoms with Crippen molar-refractivity contribution in [3.05, 3.63) is 59.5 Å². The Morgan fingerprint density at radius 2 is 2.00 bits per heavy atom. The van der Waals surface area contributed by atoms with Crippen molar-refractivity contribution < 1.29 is 9.21 Å². The minimum Gasteiger partial charge on any atom is -0.469 e. The molecule has 0 spiro atoms. The summed E-state index contributed by atoms with van der Waals surface area (Å²) in [5.74, 6) is 1.35. The average Bonchev–Trinajstić information content (AvgIpc) is 3.13. The zero-order valence-corrected chi connectivity index (χ0v) is 16.2. The predicted molar refractivity (Wildman–Crippen MR) is 104 cm³/mol. The molecule has 1 saturated heterocycles. The quantitative estimate of drug-likeness (QED) is 0.884. The second kappa shape index (κ2) is 8.09. The van der Waals surface area contributed by atoms with Crippen LogP contribution in [0, 0.1) is 12.8 Å². The summed E-state index contributed by atoms with van der Waals surface area (Å²) in [4.78, 5) is 15.2. The van der Waals surface area contributed by atoms with Crippen molar-refractivity contribution in [1.29, 1.82) is 0 Å². The molecule has 0 bridgehead atoms. The maximum atomic E-state index is 12.8. The van der Waals surface area contributed by atoms with Crippen molar-refractivity contribution in [3.8, 4) is 0 Å². The molecule has 0 aliphatic carbocycles. The molecule has 1 aromatic carbocycles. The second-order valence-electron chi connectivity index (χ2n) is 7.86. The largest absolute Gasteiger partial charge is 0.469 e. The van der Waals surface area contributed by atoms with Crippen molar-refractivity contribution in [2.24, 2.45) is 5.92 Å². The van der Waals surface area contributed by atoms with E-state index in [2.05, 4.69) is 62.3 Å². The summed E-state index contributed by atoms with van der Waals surface area (Å²) in [6.07, 6.45) is 3.08. The zero-order chi connectivity index (χ0) is 18.7. The molecular weight excluding hydrogens is 324 g/mol. The number of amides is 1. The maximum Gasteiger partial charge on any atom is 0.221 e. The number of aryl methyl sites for hydroxylation is 1. The molecular formula is C22H30N2O2. The van der Waals surface area contributed by atoms with Gasteiger partial charge in [-0.2, -0.15) is 0 Å². The summed E-state index contributed by atoms with van der Waals surface area (Å²) in [5.41, 5.74) is 2.33. The average molecular weight is 354 g/mol. The summed E-state index contributed by atoms with van der Waals surface area (Å²) in [6, 6.07) is 12.9. The highest BCUT2D eigenvalue weighted by Gasteiger charge is 2.31. The first kappa shape index (κ1) is 18.7. The molecule has 3 rings (SSSR count). The number of rotatable bonds is 5. The van der Waals surface area contributed by atoms with Crippen LogP contribution in [0.1, 0.15) is 49.5 Å². The molecule has 4 atom stereocenters. The third-order valence-corrected chi connectivity index (χ3v) is 5.71. The number of nitrogens with zero attached hydrogens (tertiary/aromatic N) is 1. The van der Waals surface area contributed by atoms with Crippen LogP contribution in [0.3, 0.4) is 0 Å². The van der Waals surface area contributed by atoms with Gasteiger partial charge in [0.15, 0.2) is 0 Å². The molecule has 4 heteroatoms. The summed E-state index contributed by atoms with van der Waals surface area (Å²) >= 11 is 0. The minimum atomic E-state index is -0.0513. The Hall–Kier alpha value is -2.07. The van der Waals surface area contributed by atoms with E-state index in [1.54, 1.807) is 6.26 Å². The maximum absolute atomic E-state index is 12.8. The third-order valence-electron chi connectivity index (χ3n) is 5.71. The first-order valence-corrected chi connectivity index (χ1v) is 9.53. The molecule has 1 amide bonds. The number of carbonyl (C=O) groups excluding carboxylic acids is 1. The van der Waals surface area contributed by atoms with Gasteiger partial charge < -0.3 is 14.6 Å². The summed E-state index contributed by atoms with van der Waals surface area (Å²) in [5, 5.41) is 3.29. The molecule has 4 nitrogen and oxygen atoms in total. The molecule has 0 radical (unpaired) electrons. The minimum absolute atomic E-state index is 0.0513. The molecule has 140 valence electrons. The van der Waals surface area contributed by atoms with Gasteiger partial charge in [0.05, 0.1) is 12.2 Å². The van der Waals surface area contributed by atoms with E-state index in [0.717, 1.165) is 24.3 Å². The molecule has 2 aromatic rings. The van der Waals surface area contributed by atoms with Crippen molar-refractivity contribution in [3.63, 3.8) is 0 Å². The summed E-state index contributed by atoms with van der Waals surface area (Å²) < 4.78 is 5.64. The number of benzene rings is 1. The molecule has 1 aliphatic heterocycles. The zero-order valence-electron chi connectivity index (χ0n) is 16.2. The van der Waals surface area contributed by atoms with Crippen molar-refractivity contribution in [2.45, 2.75) is 51.6 Å². The molecule has 26 heavy (non-hydrogen) atoms. The molecule has 0 saturated carbocycles. The number of hydrogen-bond acceptors (Lipinski definition) is 3. The van der Waals surface area contributed by atoms with E-state index < -0.39 is 0 Å². The van der Waals surface area contributed by atoms with Crippen LogP contribution >= 0.6 is 0 Å². The van der Waals surface area contributed by atoms with E-state index >= 15 is 0 Å². The second-order valence-corrected chi connectivity index (χ2v) is 7.86. The lowest BCUT2D eigenvalue weighted by Gasteiger charge is -2.40. The van der Waals surface area contributed by atoms with Crippen LogP contribution in [0.2, 0.25) is 0 Å². The lowest BCUT2D eigenvalue weighted by atomic mass is 9.88. The summed E-state index contributed by atoms with van der Waals surface area (Å²) in [7, 11) is 2.16. The van der Waals surface area contributed by atoms with Crippen LogP contribution in [0.15, 0.2) is 47.1 Å². The molecule has 1 aliphatic rings. The standard InChI is InChI=1S/C22H30N2O2/c1-15-7-9-18(10-8-15)19(21-6-5-11-26-21)13-22(25)23-20-12-17(3)24(4)14-16(20)2/h5-11,16-17,19-20H,12-14H2,1-4H3,(H,23,25)/t16-,17+,19-,20-/m0/s1. The monoisotopic (exact) mass is 354 g/mol. The molecule has 1 N–H and O–H groups in total. The first-order chi connectivity index (χ1) is 12.4. The Bertz CT molecular complexity index is 708. The van der Waals surface area contributed by atoms with Gasteiger partial charge in [0.1, 0.15) is 5.76 Å². The van der Waals surface area contributed by atoms with Crippen LogP contribution in [0.25, 0.3) is 0 Å². The van der Waals surface area contributed by atoms with Crippen molar-refractivity contribution in [2.75, 3.05) is 13.6 Å². The van der Waals surface area contributed by atoms with Crippen molar-refractivity contribution >= 4 is 5.91 Å². The molecule has 1 aromatic heterocycles. The highest BCUT2D eigenvalue weighted by atomic mass is 16.3. The molecule has 1 fully saturated rings. The number of nitrogens with one attached hydrogen (secondary N) is 1. The Labute approximate surface area is 156 Å². The van der Waals surface area contributed by atoms with Gasteiger partial charge >= 0.3 is 0 Å². The summed E-state index contributed by atoms with van der Waals surface area (Å²) in [6.45, 7) is 7.53. The van der Waals surface area contributed by atoms with E-state index in [1.807, 2.05) is 12.1 Å². The normalized spacial score (nSPS) is 25.0. The Morgan fingerprint density at radius 1 is 1.27 bits per heavy atom. The number of furan rings is 1. The number of hydrogen-bond donors (Lipinski definition) is 1. The number of piperidine rings is 1. The van der Waals surface area contributed by atoms with Crippen LogP contribution in [-0.2, 0) is 4.79 Å². The fourth-order valence-electron chi connectivity index (χ4n) is 3.86. The van der Waals surface area contributed by atoms with Gasteiger partial charge in [-0.25, -0.2) is 0 Å². The van der Waals surface area contributed by atoms with Crippen LogP contribution in [0.5, 0.6) is 0 Å². The molecule has 0 unspecified atom stereocenters. The van der Waals surface area contributed by atoms with Gasteiger partial charge in [-0.3, -0.25) is 4.79 Å². The van der Waals surface area contributed by atoms with Crippen LogP contribution in [-0.4, -0.2) is 36.5 Å². The SMILES string of the molecule is Cc1ccc([C@H](CC(=O)N[C@H]2C[C@@H](C)N(C)C[C@@H]2C)c2ccco2)cc1. The van der Waals surface area contributed by atoms with E-state index in [-0.39, 0.29) is 17.9 Å². The lowest BCUT2D eigenvalue weighted by Crippen LogP contribution is -2.52. The van der Waals surface area contributed by atoms with E-state index in [9.17, 15) is 4.79 Å². The van der Waals surface area contributed by atoms with Crippen LogP contribution in [0.4, 0.5) is 0 Å². The van der Waals surface area contributed by atoms with Gasteiger partial charge in [0.2, 0.25) is 5.91 Å². The smallest absolute Gasteiger partial charge is 0.221 e. The van der Waals surface area contributed by atoms with E-state index in [0.29, 0.717) is 18.4 Å². The van der Waals surface area contributed by atoms with Gasteiger partial charge in [-0.05, 0) is 50.9 Å². The number of carbonyl (C=O) groups is 1. The fourth-order valence-corrected chi connectivity index (χ4v) is 3.86. The van der Waals surface area contributed by atoms with Gasteiger partial charge in [0, 0.05) is 25.0 Å². The Balaban J connectivity index is 1.71. The third kappa shape index (κ3) is 4.36.